The fourth-order valence-corrected chi connectivity index (χ4v) is 10.1. The summed E-state index contributed by atoms with van der Waals surface area (Å²) in [7, 11) is 0. The Labute approximate surface area is 343 Å². The first kappa shape index (κ1) is 34.3. The number of anilines is 5. The zero-order valence-corrected chi connectivity index (χ0v) is 32.6. The van der Waals surface area contributed by atoms with Crippen molar-refractivity contribution >= 4 is 62.0 Å². The van der Waals surface area contributed by atoms with Gasteiger partial charge in [-0.25, -0.2) is 0 Å². The molecule has 8 aromatic carbocycles. The number of rotatable bonds is 7. The summed E-state index contributed by atoms with van der Waals surface area (Å²) in [4.78, 5) is 6.24. The van der Waals surface area contributed by atoms with Crippen molar-refractivity contribution in [3.8, 4) is 27.9 Å². The Kier molecular flexibility index (Phi) is 8.56. The van der Waals surface area contributed by atoms with Gasteiger partial charge in [-0.3, -0.25) is 4.57 Å². The Hall–Kier alpha value is -7.01. The Morgan fingerprint density at radius 2 is 1.02 bits per heavy atom. The van der Waals surface area contributed by atoms with E-state index >= 15 is 0 Å². The third-order valence-electron chi connectivity index (χ3n) is 11.5. The minimum atomic E-state index is 0.197. The van der Waals surface area contributed by atoms with Gasteiger partial charge in [0.2, 0.25) is 0 Å². The summed E-state index contributed by atoms with van der Waals surface area (Å²) >= 11 is 1.98. The van der Waals surface area contributed by atoms with E-state index in [-0.39, 0.29) is 11.3 Å². The number of para-hydroxylation sites is 2. The summed E-state index contributed by atoms with van der Waals surface area (Å²) in [6, 6.07) is 72.8. The molecule has 276 valence electrons. The molecule has 0 saturated heterocycles. The molecule has 9 aromatic rings. The topological polar surface area (TPSA) is 11.4 Å². The lowest BCUT2D eigenvalue weighted by molar-refractivity contribution is 0.760. The Morgan fingerprint density at radius 3 is 1.74 bits per heavy atom. The molecular weight excluding hydrogens is 723 g/mol. The van der Waals surface area contributed by atoms with Crippen LogP contribution in [0.5, 0.6) is 0 Å². The molecule has 1 aliphatic heterocycles. The Balaban J connectivity index is 1.03. The van der Waals surface area contributed by atoms with Crippen LogP contribution < -0.4 is 9.80 Å². The van der Waals surface area contributed by atoms with E-state index in [1.54, 1.807) is 0 Å². The lowest BCUT2D eigenvalue weighted by Crippen LogP contribution is -2.41. The normalized spacial score (nSPS) is 15.7. The van der Waals surface area contributed by atoms with Gasteiger partial charge in [-0.1, -0.05) is 158 Å². The summed E-state index contributed by atoms with van der Waals surface area (Å²) in [5.74, 6) is 1.22. The van der Waals surface area contributed by atoms with Crippen LogP contribution in [0.25, 0.3) is 49.6 Å². The van der Waals surface area contributed by atoms with Gasteiger partial charge in [0.05, 0.1) is 27.4 Å². The van der Waals surface area contributed by atoms with Gasteiger partial charge in [-0.2, -0.15) is 0 Å². The number of allylic oxidation sites excluding steroid dienone is 2. The maximum absolute atomic E-state index is 2.55. The van der Waals surface area contributed by atoms with E-state index < -0.39 is 0 Å². The maximum atomic E-state index is 2.55. The lowest BCUT2D eigenvalue weighted by Gasteiger charge is -2.41. The van der Waals surface area contributed by atoms with Crippen molar-refractivity contribution < 1.29 is 0 Å². The molecule has 2 heterocycles. The predicted octanol–water partition coefficient (Wildman–Crippen LogP) is 14.7. The first-order valence-corrected chi connectivity index (χ1v) is 20.8. The van der Waals surface area contributed by atoms with Crippen LogP contribution in [0.2, 0.25) is 0 Å². The number of benzene rings is 8. The quantitative estimate of drug-likeness (QED) is 0.160. The average molecular weight is 762 g/mol. The summed E-state index contributed by atoms with van der Waals surface area (Å²) < 4.78 is 2.46. The van der Waals surface area contributed by atoms with Gasteiger partial charge in [0.15, 0.2) is 0 Å². The third kappa shape index (κ3) is 5.93. The molecular formula is C54H39N3S. The highest BCUT2D eigenvalue weighted by atomic mass is 32.2. The van der Waals surface area contributed by atoms with E-state index in [1.165, 1.54) is 60.3 Å². The van der Waals surface area contributed by atoms with E-state index in [0.717, 1.165) is 22.7 Å². The molecule has 2 unspecified atom stereocenters. The van der Waals surface area contributed by atoms with Crippen molar-refractivity contribution in [2.24, 2.45) is 0 Å². The molecule has 11 rings (SSSR count). The van der Waals surface area contributed by atoms with E-state index in [4.69, 9.17) is 0 Å². The zero-order chi connectivity index (χ0) is 38.4. The molecule has 0 saturated carbocycles. The third-order valence-corrected chi connectivity index (χ3v) is 12.8. The molecule has 0 radical (unpaired) electrons. The van der Waals surface area contributed by atoms with Crippen molar-refractivity contribution in [1.82, 2.24) is 4.57 Å². The van der Waals surface area contributed by atoms with Crippen LogP contribution in [-0.2, 0) is 0 Å². The van der Waals surface area contributed by atoms with E-state index in [0.29, 0.717) is 0 Å². The van der Waals surface area contributed by atoms with Crippen LogP contribution in [0.15, 0.2) is 229 Å². The van der Waals surface area contributed by atoms with Crippen LogP contribution in [-0.4, -0.2) is 15.9 Å². The molecule has 3 nitrogen and oxygen atoms in total. The highest BCUT2D eigenvalue weighted by Gasteiger charge is 2.38. The van der Waals surface area contributed by atoms with E-state index in [9.17, 15) is 0 Å². The first-order chi connectivity index (χ1) is 28.8. The minimum Gasteiger partial charge on any atom is -0.318 e. The van der Waals surface area contributed by atoms with Crippen molar-refractivity contribution in [2.75, 3.05) is 9.80 Å². The molecule has 1 aliphatic carbocycles. The number of nitrogens with zero attached hydrogens (tertiary/aromatic N) is 3. The highest BCUT2D eigenvalue weighted by Crippen LogP contribution is 2.53. The van der Waals surface area contributed by atoms with Gasteiger partial charge in [-0.05, 0) is 94.4 Å². The number of hydrogen-bond acceptors (Lipinski definition) is 3. The first-order valence-electron chi connectivity index (χ1n) is 19.9. The van der Waals surface area contributed by atoms with Crippen molar-refractivity contribution in [3.05, 3.63) is 224 Å². The summed E-state index contributed by atoms with van der Waals surface area (Å²) in [5, 5.41) is 3.99. The average Bonchev–Trinajstić information content (AvgIpc) is 3.62. The molecule has 4 heteroatoms. The monoisotopic (exact) mass is 761 g/mol. The van der Waals surface area contributed by atoms with Crippen LogP contribution >= 0.6 is 11.8 Å². The van der Waals surface area contributed by atoms with Crippen LogP contribution in [0.3, 0.4) is 0 Å². The lowest BCUT2D eigenvalue weighted by atomic mass is 10.0. The molecule has 0 bridgehead atoms. The molecule has 0 fully saturated rings. The highest BCUT2D eigenvalue weighted by molar-refractivity contribution is 8.00. The Bertz CT molecular complexity index is 2960. The summed E-state index contributed by atoms with van der Waals surface area (Å²) in [6.07, 6.45) is 9.11. The van der Waals surface area contributed by atoms with Crippen LogP contribution in [0.1, 0.15) is 0 Å². The van der Waals surface area contributed by atoms with Crippen LogP contribution in [0, 0.1) is 0 Å². The SMILES string of the molecule is C1=CC2Sc3c(n(-c4ccccc4)c4ccc(-c5ccc(N(c6ccc(-c7ccccc7)cc6)c6cccc7ccccc67)cc5)cc34)N(c3ccccc3)C2C=C1. The van der Waals surface area contributed by atoms with E-state index in [2.05, 4.69) is 239 Å². The fourth-order valence-electron chi connectivity index (χ4n) is 8.74. The van der Waals surface area contributed by atoms with Crippen molar-refractivity contribution in [3.63, 3.8) is 0 Å². The standard InChI is InChI=1S/C54H39N3S/c1-4-15-38(16-5-1)39-27-32-45(33-28-39)55(49-25-14-18-41-17-10-11-23-47(41)49)46-34-29-40(30-35-46)42-31-36-50-48(37-42)53-54(56(50)43-19-6-2-7-20-43)57(44-21-8-3-9-22-44)51-24-12-13-26-52(51)58-53/h1-37,51-52H. The van der Waals surface area contributed by atoms with Gasteiger partial charge < -0.3 is 9.80 Å². The van der Waals surface area contributed by atoms with Gasteiger partial charge in [0.25, 0.3) is 0 Å². The van der Waals surface area contributed by atoms with Crippen LogP contribution in [0.4, 0.5) is 28.6 Å². The van der Waals surface area contributed by atoms with Gasteiger partial charge in [-0.15, -0.1) is 11.8 Å². The van der Waals surface area contributed by atoms with Crippen molar-refractivity contribution in [2.45, 2.75) is 16.2 Å². The predicted molar refractivity (Wildman–Crippen MR) is 247 cm³/mol. The molecule has 2 aliphatic rings. The second kappa shape index (κ2) is 14.5. The second-order valence-corrected chi connectivity index (χ2v) is 16.1. The molecule has 58 heavy (non-hydrogen) atoms. The van der Waals surface area contributed by atoms with Gasteiger partial charge in [0.1, 0.15) is 5.82 Å². The maximum Gasteiger partial charge on any atom is 0.133 e. The molecule has 1 aromatic heterocycles. The number of aromatic nitrogens is 1. The zero-order valence-electron chi connectivity index (χ0n) is 31.8. The smallest absolute Gasteiger partial charge is 0.133 e. The van der Waals surface area contributed by atoms with Crippen molar-refractivity contribution in [1.29, 1.82) is 0 Å². The summed E-state index contributed by atoms with van der Waals surface area (Å²) in [6.45, 7) is 0. The largest absolute Gasteiger partial charge is 0.318 e. The number of hydrogen-bond donors (Lipinski definition) is 0. The molecule has 0 amide bonds. The molecule has 2 atom stereocenters. The summed E-state index contributed by atoms with van der Waals surface area (Å²) in [5.41, 5.74) is 11.7. The van der Waals surface area contributed by atoms with Gasteiger partial charge in [0, 0.05) is 33.5 Å². The minimum absolute atomic E-state index is 0.197. The fraction of sp³-hybridized carbons (Fsp3) is 0.0370. The van der Waals surface area contributed by atoms with Gasteiger partial charge >= 0.3 is 0 Å². The molecule has 0 N–H and O–H groups in total. The Morgan fingerprint density at radius 1 is 0.448 bits per heavy atom. The molecule has 0 spiro atoms. The number of fused-ring (bicyclic) bond motifs is 5. The van der Waals surface area contributed by atoms with E-state index in [1.807, 2.05) is 11.8 Å². The second-order valence-electron chi connectivity index (χ2n) is 14.9. The number of thioether (sulfide) groups is 1.